The van der Waals surface area contributed by atoms with Crippen LogP contribution < -0.4 is 15.4 Å². The summed E-state index contributed by atoms with van der Waals surface area (Å²) < 4.78 is 5.58. The van der Waals surface area contributed by atoms with Crippen LogP contribution in [0.3, 0.4) is 0 Å². The molecule has 1 aromatic carbocycles. The lowest BCUT2D eigenvalue weighted by atomic mass is 10.1. The Morgan fingerprint density at radius 3 is 2.24 bits per heavy atom. The molecular weight excluding hydrogens is 316 g/mol. The first-order chi connectivity index (χ1) is 12.0. The van der Waals surface area contributed by atoms with E-state index in [2.05, 4.69) is 31.4 Å². The minimum absolute atomic E-state index is 0.453. The molecule has 0 spiro atoms. The van der Waals surface area contributed by atoms with Crippen LogP contribution in [0.15, 0.2) is 24.3 Å². The van der Waals surface area contributed by atoms with Crippen molar-refractivity contribution in [3.63, 3.8) is 0 Å². The molecule has 1 aromatic rings. The van der Waals surface area contributed by atoms with Gasteiger partial charge in [0.1, 0.15) is 5.75 Å². The minimum Gasteiger partial charge on any atom is -0.493 e. The zero-order valence-electron chi connectivity index (χ0n) is 15.8. The van der Waals surface area contributed by atoms with Gasteiger partial charge in [-0.05, 0) is 36.6 Å². The normalized spacial score (nSPS) is 10.6. The Labute approximate surface area is 151 Å². The highest BCUT2D eigenvalue weighted by Crippen LogP contribution is 2.16. The lowest BCUT2D eigenvalue weighted by Crippen LogP contribution is -2.35. The van der Waals surface area contributed by atoms with Gasteiger partial charge in [0.25, 0.3) is 0 Å². The Morgan fingerprint density at radius 1 is 0.960 bits per heavy atom. The molecule has 0 aliphatic carbocycles. The first-order valence-electron chi connectivity index (χ1n) is 9.35. The van der Waals surface area contributed by atoms with Crippen LogP contribution in [-0.2, 0) is 9.59 Å². The Kier molecular flexibility index (Phi) is 10.4. The molecular formula is C20H32N2O3. The van der Waals surface area contributed by atoms with E-state index in [-0.39, 0.29) is 0 Å². The summed E-state index contributed by atoms with van der Waals surface area (Å²) in [5, 5.41) is 5.26. The zero-order valence-corrected chi connectivity index (χ0v) is 15.8. The van der Waals surface area contributed by atoms with E-state index in [1.165, 1.54) is 25.7 Å². The van der Waals surface area contributed by atoms with Gasteiger partial charge in [0, 0.05) is 12.2 Å². The van der Waals surface area contributed by atoms with Crippen LogP contribution in [0.25, 0.3) is 0 Å². The highest BCUT2D eigenvalue weighted by Gasteiger charge is 2.12. The van der Waals surface area contributed by atoms with E-state index in [9.17, 15) is 9.59 Å². The summed E-state index contributed by atoms with van der Waals surface area (Å²) in [4.78, 5) is 23.6. The molecule has 0 saturated heterocycles. The van der Waals surface area contributed by atoms with E-state index in [1.54, 1.807) is 24.3 Å². The van der Waals surface area contributed by atoms with Gasteiger partial charge in [-0.25, -0.2) is 0 Å². The second-order valence-corrected chi connectivity index (χ2v) is 6.71. The van der Waals surface area contributed by atoms with E-state index in [4.69, 9.17) is 4.74 Å². The SMILES string of the molecule is CCCCCCCCNC(=O)C(=O)Nc1ccc(OCC(C)C)cc1. The van der Waals surface area contributed by atoms with Gasteiger partial charge in [-0.15, -0.1) is 0 Å². The second-order valence-electron chi connectivity index (χ2n) is 6.71. The molecule has 0 aromatic heterocycles. The van der Waals surface area contributed by atoms with Gasteiger partial charge in [-0.3, -0.25) is 9.59 Å². The fraction of sp³-hybridized carbons (Fsp3) is 0.600. The molecule has 0 atom stereocenters. The van der Waals surface area contributed by atoms with Gasteiger partial charge in [-0.2, -0.15) is 0 Å². The predicted octanol–water partition coefficient (Wildman–Crippen LogP) is 4.14. The van der Waals surface area contributed by atoms with Crippen LogP contribution in [0.2, 0.25) is 0 Å². The second kappa shape index (κ2) is 12.3. The lowest BCUT2D eigenvalue weighted by Gasteiger charge is -2.10. The van der Waals surface area contributed by atoms with E-state index in [1.807, 2.05) is 0 Å². The third-order valence-electron chi connectivity index (χ3n) is 3.72. The quantitative estimate of drug-likeness (QED) is 0.466. The highest BCUT2D eigenvalue weighted by atomic mass is 16.5. The number of nitrogens with one attached hydrogen (secondary N) is 2. The topological polar surface area (TPSA) is 67.4 Å². The number of rotatable bonds is 11. The number of benzene rings is 1. The van der Waals surface area contributed by atoms with Gasteiger partial charge < -0.3 is 15.4 Å². The van der Waals surface area contributed by atoms with Crippen molar-refractivity contribution < 1.29 is 14.3 Å². The number of carbonyl (C=O) groups is 2. The number of unbranched alkanes of at least 4 members (excludes halogenated alkanes) is 5. The third-order valence-corrected chi connectivity index (χ3v) is 3.72. The fourth-order valence-electron chi connectivity index (χ4n) is 2.27. The molecule has 0 aliphatic heterocycles. The number of anilines is 1. The van der Waals surface area contributed by atoms with E-state index >= 15 is 0 Å². The summed E-state index contributed by atoms with van der Waals surface area (Å²) >= 11 is 0. The molecule has 0 aliphatic rings. The molecule has 0 radical (unpaired) electrons. The van der Waals surface area contributed by atoms with Crippen molar-refractivity contribution in [3.8, 4) is 5.75 Å². The Bertz CT molecular complexity index is 512. The molecule has 0 heterocycles. The maximum Gasteiger partial charge on any atom is 0.313 e. The van der Waals surface area contributed by atoms with E-state index < -0.39 is 11.8 Å². The van der Waals surface area contributed by atoms with Gasteiger partial charge in [0.15, 0.2) is 0 Å². The predicted molar refractivity (Wildman–Crippen MR) is 102 cm³/mol. The zero-order chi connectivity index (χ0) is 18.5. The standard InChI is InChI=1S/C20H32N2O3/c1-4-5-6-7-8-9-14-21-19(23)20(24)22-17-10-12-18(13-11-17)25-15-16(2)3/h10-13,16H,4-9,14-15H2,1-3H3,(H,21,23)(H,22,24). The van der Waals surface area contributed by atoms with Crippen molar-refractivity contribution in [1.82, 2.24) is 5.32 Å². The monoisotopic (exact) mass is 348 g/mol. The Balaban J connectivity index is 2.24. The van der Waals surface area contributed by atoms with E-state index in [0.29, 0.717) is 24.8 Å². The molecule has 5 nitrogen and oxygen atoms in total. The number of ether oxygens (including phenoxy) is 1. The molecule has 0 fully saturated rings. The summed E-state index contributed by atoms with van der Waals surface area (Å²) in [5.74, 6) is -0.0236. The number of hydrogen-bond donors (Lipinski definition) is 2. The van der Waals surface area contributed by atoms with E-state index in [0.717, 1.165) is 18.6 Å². The summed E-state index contributed by atoms with van der Waals surface area (Å²) in [5.41, 5.74) is 0.580. The van der Waals surface area contributed by atoms with Crippen molar-refractivity contribution in [1.29, 1.82) is 0 Å². The molecule has 0 bridgehead atoms. The Hall–Kier alpha value is -2.04. The van der Waals surface area contributed by atoms with Crippen molar-refractivity contribution in [3.05, 3.63) is 24.3 Å². The number of hydrogen-bond acceptors (Lipinski definition) is 3. The summed E-state index contributed by atoms with van der Waals surface area (Å²) in [6.45, 7) is 7.54. The first-order valence-corrected chi connectivity index (χ1v) is 9.35. The number of carbonyl (C=O) groups excluding carboxylic acids is 2. The van der Waals surface area contributed by atoms with Crippen molar-refractivity contribution in [2.45, 2.75) is 59.3 Å². The van der Waals surface area contributed by atoms with Gasteiger partial charge in [0.05, 0.1) is 6.61 Å². The summed E-state index contributed by atoms with van der Waals surface area (Å²) in [6, 6.07) is 7.03. The summed E-state index contributed by atoms with van der Waals surface area (Å²) in [7, 11) is 0. The average molecular weight is 348 g/mol. The maximum atomic E-state index is 11.9. The molecule has 25 heavy (non-hydrogen) atoms. The average Bonchev–Trinajstić information content (AvgIpc) is 2.60. The third kappa shape index (κ3) is 9.75. The molecule has 0 unspecified atom stereocenters. The molecule has 2 amide bonds. The van der Waals surface area contributed by atoms with Crippen LogP contribution in [0.4, 0.5) is 5.69 Å². The van der Waals surface area contributed by atoms with Gasteiger partial charge in [-0.1, -0.05) is 52.9 Å². The van der Waals surface area contributed by atoms with Crippen LogP contribution in [0.5, 0.6) is 5.75 Å². The van der Waals surface area contributed by atoms with Crippen molar-refractivity contribution in [2.75, 3.05) is 18.5 Å². The molecule has 1 rings (SSSR count). The van der Waals surface area contributed by atoms with Gasteiger partial charge >= 0.3 is 11.8 Å². The molecule has 0 saturated carbocycles. The van der Waals surface area contributed by atoms with Crippen LogP contribution in [-0.4, -0.2) is 25.0 Å². The Morgan fingerprint density at radius 2 is 1.60 bits per heavy atom. The number of amides is 2. The summed E-state index contributed by atoms with van der Waals surface area (Å²) in [6.07, 6.45) is 6.89. The smallest absolute Gasteiger partial charge is 0.313 e. The van der Waals surface area contributed by atoms with Crippen LogP contribution in [0, 0.1) is 5.92 Å². The maximum absolute atomic E-state index is 11.9. The molecule has 2 N–H and O–H groups in total. The van der Waals surface area contributed by atoms with Crippen molar-refractivity contribution >= 4 is 17.5 Å². The van der Waals surface area contributed by atoms with Crippen LogP contribution in [0.1, 0.15) is 59.3 Å². The highest BCUT2D eigenvalue weighted by molar-refractivity contribution is 6.39. The van der Waals surface area contributed by atoms with Gasteiger partial charge in [0.2, 0.25) is 0 Å². The minimum atomic E-state index is -0.637. The largest absolute Gasteiger partial charge is 0.493 e. The fourth-order valence-corrected chi connectivity index (χ4v) is 2.27. The lowest BCUT2D eigenvalue weighted by molar-refractivity contribution is -0.136. The molecule has 140 valence electrons. The first kappa shape index (κ1) is 21.0. The molecule has 5 heteroatoms. The van der Waals surface area contributed by atoms with Crippen LogP contribution >= 0.6 is 0 Å². The van der Waals surface area contributed by atoms with Crippen molar-refractivity contribution in [2.24, 2.45) is 5.92 Å².